The Morgan fingerprint density at radius 1 is 1.13 bits per heavy atom. The molecule has 1 aliphatic rings. The molecule has 6 N–H and O–H groups in total. The van der Waals surface area contributed by atoms with Crippen LogP contribution in [0.5, 0.6) is 5.75 Å². The van der Waals surface area contributed by atoms with E-state index in [2.05, 4.69) is 56.8 Å². The highest BCUT2D eigenvalue weighted by atomic mass is 16.5. The van der Waals surface area contributed by atoms with Gasteiger partial charge in [-0.3, -0.25) is 10.7 Å². The maximum Gasteiger partial charge on any atom is 0.183 e. The summed E-state index contributed by atoms with van der Waals surface area (Å²) in [6, 6.07) is 14.4. The van der Waals surface area contributed by atoms with Crippen molar-refractivity contribution < 1.29 is 4.74 Å². The van der Waals surface area contributed by atoms with E-state index in [0.717, 1.165) is 45.8 Å². The number of aromatic amines is 2. The minimum absolute atomic E-state index is 0.640. The third-order valence-electron chi connectivity index (χ3n) is 5.68. The molecule has 1 aliphatic heterocycles. The maximum absolute atomic E-state index is 6.58. The summed E-state index contributed by atoms with van der Waals surface area (Å²) >= 11 is 0. The number of allylic oxidation sites excluding steroid dienone is 1. The summed E-state index contributed by atoms with van der Waals surface area (Å²) in [5, 5.41) is 9.10. The molecule has 7 heteroatoms. The van der Waals surface area contributed by atoms with Gasteiger partial charge in [0.15, 0.2) is 5.79 Å². The van der Waals surface area contributed by atoms with Gasteiger partial charge in [-0.1, -0.05) is 6.07 Å². The molecule has 1 unspecified atom stereocenters. The predicted octanol–water partition coefficient (Wildman–Crippen LogP) is 4.14. The minimum Gasteiger partial charge on any atom is -0.497 e. The van der Waals surface area contributed by atoms with E-state index in [1.54, 1.807) is 13.3 Å². The van der Waals surface area contributed by atoms with Gasteiger partial charge in [-0.15, -0.1) is 0 Å². The molecule has 0 bridgehead atoms. The van der Waals surface area contributed by atoms with Gasteiger partial charge in [0.1, 0.15) is 11.6 Å². The van der Waals surface area contributed by atoms with Crippen molar-refractivity contribution in [3.05, 3.63) is 71.8 Å². The number of aromatic nitrogens is 2. The van der Waals surface area contributed by atoms with Gasteiger partial charge in [0.05, 0.1) is 7.11 Å². The van der Waals surface area contributed by atoms with Crippen molar-refractivity contribution in [1.82, 2.24) is 15.3 Å². The number of nitrogens with zero attached hydrogens (tertiary/aromatic N) is 1. The van der Waals surface area contributed by atoms with Gasteiger partial charge in [0, 0.05) is 46.6 Å². The number of hydrogen-bond donors (Lipinski definition) is 5. The first kappa shape index (κ1) is 19.3. The van der Waals surface area contributed by atoms with E-state index in [9.17, 15) is 0 Å². The summed E-state index contributed by atoms with van der Waals surface area (Å²) in [6.07, 6.45) is 7.10. The predicted molar refractivity (Wildman–Crippen MR) is 126 cm³/mol. The summed E-state index contributed by atoms with van der Waals surface area (Å²) in [6.45, 7) is 2.06. The fourth-order valence-electron chi connectivity index (χ4n) is 4.07. The van der Waals surface area contributed by atoms with E-state index in [-0.39, 0.29) is 0 Å². The van der Waals surface area contributed by atoms with E-state index >= 15 is 0 Å². The number of hydrogen-bond acceptors (Lipinski definition) is 5. The van der Waals surface area contributed by atoms with Crippen LogP contribution in [-0.4, -0.2) is 29.1 Å². The van der Waals surface area contributed by atoms with Crippen LogP contribution in [0.15, 0.2) is 65.6 Å². The standard InChI is InChI=1S/C24H26N6O/c1-15-11-16-3-4-18(12-22(16)28-15)29-23-8-10-27-24(25,30-23)9-7-17-14-26-21-6-5-19(31-2)13-20(17)21/h3-6,8,10-14,26,28-30H,7,9,25H2,1-2H3. The molecule has 0 aliphatic carbocycles. The molecule has 3 heterocycles. The van der Waals surface area contributed by atoms with Crippen molar-refractivity contribution in [2.75, 3.05) is 12.4 Å². The summed E-state index contributed by atoms with van der Waals surface area (Å²) in [5.41, 5.74) is 12.1. The second-order valence-corrected chi connectivity index (χ2v) is 8.01. The monoisotopic (exact) mass is 414 g/mol. The fraction of sp³-hybridized carbons (Fsp3) is 0.208. The summed E-state index contributed by atoms with van der Waals surface area (Å²) in [4.78, 5) is 11.2. The third-order valence-corrected chi connectivity index (χ3v) is 5.68. The molecule has 2 aromatic heterocycles. The molecule has 0 amide bonds. The Bertz CT molecular complexity index is 1310. The Morgan fingerprint density at radius 2 is 2.03 bits per heavy atom. The lowest BCUT2D eigenvalue weighted by molar-refractivity contribution is 0.356. The molecular formula is C24H26N6O. The molecule has 1 atom stereocenters. The quantitative estimate of drug-likeness (QED) is 0.327. The van der Waals surface area contributed by atoms with Crippen LogP contribution in [0.1, 0.15) is 17.7 Å². The average Bonchev–Trinajstić information content (AvgIpc) is 3.33. The highest BCUT2D eigenvalue weighted by Crippen LogP contribution is 2.26. The van der Waals surface area contributed by atoms with E-state index in [4.69, 9.17) is 10.5 Å². The second-order valence-electron chi connectivity index (χ2n) is 8.01. The SMILES string of the molecule is COc1ccc2[nH]cc(CCC3(N)N=CC=C(Nc4ccc5cc(C)[nH]c5c4)N3)c2c1. The van der Waals surface area contributed by atoms with Crippen LogP contribution in [0.2, 0.25) is 0 Å². The van der Waals surface area contributed by atoms with Crippen LogP contribution in [0.4, 0.5) is 5.69 Å². The van der Waals surface area contributed by atoms with Gasteiger partial charge in [-0.2, -0.15) is 0 Å². The Kier molecular flexibility index (Phi) is 4.67. The van der Waals surface area contributed by atoms with Crippen molar-refractivity contribution in [3.63, 3.8) is 0 Å². The second kappa shape index (κ2) is 7.52. The van der Waals surface area contributed by atoms with Gasteiger partial charge in [0.25, 0.3) is 0 Å². The summed E-state index contributed by atoms with van der Waals surface area (Å²) < 4.78 is 5.37. The smallest absolute Gasteiger partial charge is 0.183 e. The molecule has 0 radical (unpaired) electrons. The molecule has 0 spiro atoms. The number of aliphatic imine (C=N–C) groups is 1. The Labute approximate surface area is 180 Å². The highest BCUT2D eigenvalue weighted by Gasteiger charge is 2.26. The number of nitrogens with two attached hydrogens (primary N) is 1. The van der Waals surface area contributed by atoms with Crippen molar-refractivity contribution >= 4 is 33.7 Å². The first-order valence-corrected chi connectivity index (χ1v) is 10.3. The van der Waals surface area contributed by atoms with E-state index in [1.165, 1.54) is 10.9 Å². The van der Waals surface area contributed by atoms with E-state index < -0.39 is 5.79 Å². The molecular weight excluding hydrogens is 388 g/mol. The van der Waals surface area contributed by atoms with Crippen LogP contribution in [-0.2, 0) is 6.42 Å². The van der Waals surface area contributed by atoms with Crippen LogP contribution in [0.3, 0.4) is 0 Å². The molecule has 31 heavy (non-hydrogen) atoms. The van der Waals surface area contributed by atoms with Crippen LogP contribution in [0, 0.1) is 6.92 Å². The lowest BCUT2D eigenvalue weighted by Crippen LogP contribution is -2.54. The third kappa shape index (κ3) is 3.87. The number of H-pyrrole nitrogens is 2. The molecule has 4 aromatic rings. The summed E-state index contributed by atoms with van der Waals surface area (Å²) in [7, 11) is 1.68. The number of anilines is 1. The molecule has 0 fully saturated rings. The largest absolute Gasteiger partial charge is 0.497 e. The first-order chi connectivity index (χ1) is 15.0. The highest BCUT2D eigenvalue weighted by molar-refractivity contribution is 5.85. The molecule has 158 valence electrons. The number of ether oxygens (including phenoxy) is 1. The van der Waals surface area contributed by atoms with E-state index in [0.29, 0.717) is 6.42 Å². The van der Waals surface area contributed by atoms with Gasteiger partial charge < -0.3 is 25.3 Å². The normalized spacial score (nSPS) is 18.2. The van der Waals surface area contributed by atoms with Crippen molar-refractivity contribution in [2.45, 2.75) is 25.6 Å². The fourth-order valence-corrected chi connectivity index (χ4v) is 4.07. The van der Waals surface area contributed by atoms with Gasteiger partial charge in [-0.25, -0.2) is 0 Å². The van der Waals surface area contributed by atoms with E-state index in [1.807, 2.05) is 30.5 Å². The number of benzene rings is 2. The molecule has 7 nitrogen and oxygen atoms in total. The summed E-state index contributed by atoms with van der Waals surface area (Å²) in [5.74, 6) is 0.779. The average molecular weight is 415 g/mol. The molecule has 2 aromatic carbocycles. The zero-order valence-corrected chi connectivity index (χ0v) is 17.6. The first-order valence-electron chi connectivity index (χ1n) is 10.3. The Morgan fingerprint density at radius 3 is 2.90 bits per heavy atom. The van der Waals surface area contributed by atoms with Crippen LogP contribution < -0.4 is 21.1 Å². The number of fused-ring (bicyclic) bond motifs is 2. The Hall–Kier alpha value is -3.71. The number of methoxy groups -OCH3 is 1. The lowest BCUT2D eigenvalue weighted by Gasteiger charge is -2.31. The van der Waals surface area contributed by atoms with Gasteiger partial charge in [0.2, 0.25) is 0 Å². The molecule has 0 saturated heterocycles. The zero-order chi connectivity index (χ0) is 21.4. The number of aryl methyl sites for hydroxylation is 2. The number of nitrogens with one attached hydrogen (secondary N) is 4. The van der Waals surface area contributed by atoms with Crippen molar-refractivity contribution in [2.24, 2.45) is 10.7 Å². The number of rotatable bonds is 6. The molecule has 5 rings (SSSR count). The topological polar surface area (TPSA) is 103 Å². The van der Waals surface area contributed by atoms with Crippen LogP contribution >= 0.6 is 0 Å². The van der Waals surface area contributed by atoms with Crippen LogP contribution in [0.25, 0.3) is 21.8 Å². The van der Waals surface area contributed by atoms with Crippen molar-refractivity contribution in [1.29, 1.82) is 0 Å². The van der Waals surface area contributed by atoms with Gasteiger partial charge >= 0.3 is 0 Å². The lowest BCUT2D eigenvalue weighted by atomic mass is 10.0. The molecule has 0 saturated carbocycles. The van der Waals surface area contributed by atoms with Crippen molar-refractivity contribution in [3.8, 4) is 5.75 Å². The minimum atomic E-state index is -0.882. The maximum atomic E-state index is 6.58. The Balaban J connectivity index is 1.28. The zero-order valence-electron chi connectivity index (χ0n) is 17.6. The van der Waals surface area contributed by atoms with Gasteiger partial charge in [-0.05, 0) is 66.8 Å².